The standard InChI is InChI=1S/C12H16N2O4S/c1-2-13-10(15)7-14-11(16)8-18-12(17)6-9-4-3-5-19-9/h3-5H,2,6-8H2,1H3,(H,13,15)(H,14,16). The fourth-order valence-corrected chi connectivity index (χ4v) is 1.93. The number of ether oxygens (including phenoxy) is 1. The zero-order valence-corrected chi connectivity index (χ0v) is 11.4. The highest BCUT2D eigenvalue weighted by atomic mass is 32.1. The smallest absolute Gasteiger partial charge is 0.311 e. The van der Waals surface area contributed by atoms with Gasteiger partial charge in [-0.05, 0) is 18.4 Å². The average Bonchev–Trinajstić information content (AvgIpc) is 2.87. The number of esters is 1. The van der Waals surface area contributed by atoms with Gasteiger partial charge in [-0.15, -0.1) is 11.3 Å². The molecule has 0 aliphatic carbocycles. The predicted molar refractivity (Wildman–Crippen MR) is 70.7 cm³/mol. The third kappa shape index (κ3) is 6.56. The van der Waals surface area contributed by atoms with Crippen molar-refractivity contribution in [2.45, 2.75) is 13.3 Å². The van der Waals surface area contributed by atoms with Crippen LogP contribution in [-0.2, 0) is 25.5 Å². The number of carbonyl (C=O) groups is 3. The van der Waals surface area contributed by atoms with Crippen molar-refractivity contribution >= 4 is 29.1 Å². The lowest BCUT2D eigenvalue weighted by Gasteiger charge is -2.06. The van der Waals surface area contributed by atoms with Gasteiger partial charge in [0, 0.05) is 11.4 Å². The van der Waals surface area contributed by atoms with Crippen LogP contribution in [-0.4, -0.2) is 37.5 Å². The van der Waals surface area contributed by atoms with Gasteiger partial charge >= 0.3 is 5.97 Å². The third-order valence-electron chi connectivity index (χ3n) is 2.08. The van der Waals surface area contributed by atoms with Crippen LogP contribution in [0.15, 0.2) is 17.5 Å². The highest BCUT2D eigenvalue weighted by molar-refractivity contribution is 7.10. The first-order valence-corrected chi connectivity index (χ1v) is 6.71. The molecule has 0 aliphatic heterocycles. The van der Waals surface area contributed by atoms with Crippen LogP contribution in [0.2, 0.25) is 0 Å². The van der Waals surface area contributed by atoms with Gasteiger partial charge in [-0.2, -0.15) is 0 Å². The van der Waals surface area contributed by atoms with Crippen molar-refractivity contribution in [3.8, 4) is 0 Å². The Bertz CT molecular complexity index is 431. The second kappa shape index (κ2) is 8.25. The third-order valence-corrected chi connectivity index (χ3v) is 2.96. The van der Waals surface area contributed by atoms with E-state index in [9.17, 15) is 14.4 Å². The molecule has 0 bridgehead atoms. The summed E-state index contributed by atoms with van der Waals surface area (Å²) >= 11 is 1.45. The number of thiophene rings is 1. The van der Waals surface area contributed by atoms with Crippen LogP contribution in [0.25, 0.3) is 0 Å². The topological polar surface area (TPSA) is 84.5 Å². The van der Waals surface area contributed by atoms with E-state index in [1.165, 1.54) is 11.3 Å². The Morgan fingerprint density at radius 2 is 2.05 bits per heavy atom. The van der Waals surface area contributed by atoms with Gasteiger partial charge in [0.15, 0.2) is 6.61 Å². The first kappa shape index (κ1) is 15.2. The van der Waals surface area contributed by atoms with Crippen LogP contribution in [0.4, 0.5) is 0 Å². The molecule has 19 heavy (non-hydrogen) atoms. The van der Waals surface area contributed by atoms with Crippen molar-refractivity contribution in [1.82, 2.24) is 10.6 Å². The monoisotopic (exact) mass is 284 g/mol. The fraction of sp³-hybridized carbons (Fsp3) is 0.417. The van der Waals surface area contributed by atoms with Gasteiger partial charge in [0.1, 0.15) is 0 Å². The van der Waals surface area contributed by atoms with E-state index in [-0.39, 0.29) is 25.5 Å². The molecule has 0 radical (unpaired) electrons. The maximum absolute atomic E-state index is 11.4. The van der Waals surface area contributed by atoms with E-state index >= 15 is 0 Å². The molecule has 2 N–H and O–H groups in total. The van der Waals surface area contributed by atoms with E-state index in [1.807, 2.05) is 17.5 Å². The Morgan fingerprint density at radius 3 is 2.68 bits per heavy atom. The lowest BCUT2D eigenvalue weighted by atomic mass is 10.3. The van der Waals surface area contributed by atoms with Gasteiger partial charge in [0.2, 0.25) is 5.91 Å². The minimum atomic E-state index is -0.495. The van der Waals surface area contributed by atoms with Gasteiger partial charge in [0.05, 0.1) is 13.0 Å². The molecule has 1 aromatic heterocycles. The number of hydrogen-bond acceptors (Lipinski definition) is 5. The van der Waals surface area contributed by atoms with Crippen LogP contribution >= 0.6 is 11.3 Å². The Kier molecular flexibility index (Phi) is 6.59. The summed E-state index contributed by atoms with van der Waals surface area (Å²) in [5, 5.41) is 6.75. The molecule has 0 saturated heterocycles. The van der Waals surface area contributed by atoms with E-state index in [0.29, 0.717) is 6.54 Å². The maximum Gasteiger partial charge on any atom is 0.311 e. The molecule has 0 spiro atoms. The molecule has 6 nitrogen and oxygen atoms in total. The highest BCUT2D eigenvalue weighted by Crippen LogP contribution is 2.09. The molecule has 1 aromatic rings. The zero-order valence-electron chi connectivity index (χ0n) is 10.6. The lowest BCUT2D eigenvalue weighted by molar-refractivity contribution is -0.147. The summed E-state index contributed by atoms with van der Waals surface area (Å²) in [5.74, 6) is -1.23. The Balaban J connectivity index is 2.15. The summed E-state index contributed by atoms with van der Waals surface area (Å²) in [6, 6.07) is 3.66. The molecule has 0 atom stereocenters. The van der Waals surface area contributed by atoms with Gasteiger partial charge in [0.25, 0.3) is 5.91 Å². The number of rotatable bonds is 7. The summed E-state index contributed by atoms with van der Waals surface area (Å²) in [6.45, 7) is 1.80. The second-order valence-electron chi connectivity index (χ2n) is 3.65. The van der Waals surface area contributed by atoms with E-state index in [1.54, 1.807) is 6.92 Å². The van der Waals surface area contributed by atoms with Crippen molar-refractivity contribution in [1.29, 1.82) is 0 Å². The SMILES string of the molecule is CCNC(=O)CNC(=O)COC(=O)Cc1cccs1. The summed E-state index contributed by atoms with van der Waals surface area (Å²) in [6.07, 6.45) is 0.154. The largest absolute Gasteiger partial charge is 0.455 e. The van der Waals surface area contributed by atoms with Crippen LogP contribution in [0.1, 0.15) is 11.8 Å². The Hall–Kier alpha value is -1.89. The van der Waals surface area contributed by atoms with E-state index in [0.717, 1.165) is 4.88 Å². The molecule has 1 heterocycles. The summed E-state index contributed by atoms with van der Waals surface area (Å²) < 4.78 is 4.79. The van der Waals surface area contributed by atoms with Crippen molar-refractivity contribution in [2.24, 2.45) is 0 Å². The molecule has 0 aromatic carbocycles. The summed E-state index contributed by atoms with van der Waals surface area (Å²) in [7, 11) is 0. The van der Waals surface area contributed by atoms with E-state index in [2.05, 4.69) is 10.6 Å². The van der Waals surface area contributed by atoms with Crippen LogP contribution in [0, 0.1) is 0 Å². The fourth-order valence-electron chi connectivity index (χ4n) is 1.24. The number of hydrogen-bond donors (Lipinski definition) is 2. The normalized spacial score (nSPS) is 9.74. The minimum Gasteiger partial charge on any atom is -0.455 e. The summed E-state index contributed by atoms with van der Waals surface area (Å²) in [4.78, 5) is 34.6. The van der Waals surface area contributed by atoms with Crippen molar-refractivity contribution < 1.29 is 19.1 Å². The number of nitrogens with one attached hydrogen (secondary N) is 2. The maximum atomic E-state index is 11.4. The van der Waals surface area contributed by atoms with Crippen LogP contribution in [0.5, 0.6) is 0 Å². The quantitative estimate of drug-likeness (QED) is 0.695. The minimum absolute atomic E-state index is 0.116. The first-order valence-electron chi connectivity index (χ1n) is 5.83. The number of amides is 2. The average molecular weight is 284 g/mol. The Morgan fingerprint density at radius 1 is 1.26 bits per heavy atom. The Labute approximate surface area is 115 Å². The molecule has 0 aliphatic rings. The molecule has 2 amide bonds. The van der Waals surface area contributed by atoms with Crippen molar-refractivity contribution in [2.75, 3.05) is 19.7 Å². The number of likely N-dealkylation sites (N-methyl/N-ethyl adjacent to an activating group) is 1. The van der Waals surface area contributed by atoms with Gasteiger partial charge in [-0.3, -0.25) is 14.4 Å². The van der Waals surface area contributed by atoms with Crippen LogP contribution in [0.3, 0.4) is 0 Å². The first-order chi connectivity index (χ1) is 9.11. The van der Waals surface area contributed by atoms with Crippen molar-refractivity contribution in [3.63, 3.8) is 0 Å². The van der Waals surface area contributed by atoms with Gasteiger partial charge in [-0.25, -0.2) is 0 Å². The molecular weight excluding hydrogens is 268 g/mol. The van der Waals surface area contributed by atoms with Crippen LogP contribution < -0.4 is 10.6 Å². The van der Waals surface area contributed by atoms with E-state index < -0.39 is 11.9 Å². The van der Waals surface area contributed by atoms with Gasteiger partial charge < -0.3 is 15.4 Å². The van der Waals surface area contributed by atoms with E-state index in [4.69, 9.17) is 4.74 Å². The molecule has 104 valence electrons. The molecule has 7 heteroatoms. The molecule has 0 fully saturated rings. The van der Waals surface area contributed by atoms with Crippen molar-refractivity contribution in [3.05, 3.63) is 22.4 Å². The highest BCUT2D eigenvalue weighted by Gasteiger charge is 2.09. The van der Waals surface area contributed by atoms with Gasteiger partial charge in [-0.1, -0.05) is 6.07 Å². The second-order valence-corrected chi connectivity index (χ2v) is 4.68. The lowest BCUT2D eigenvalue weighted by Crippen LogP contribution is -2.38. The molecule has 1 rings (SSSR count). The predicted octanol–water partition coefficient (Wildman–Crippen LogP) is 0.0861. The molecule has 0 saturated carbocycles. The molecule has 0 unspecified atom stereocenters. The number of carbonyl (C=O) groups excluding carboxylic acids is 3. The molecular formula is C12H16N2O4S. The zero-order chi connectivity index (χ0) is 14.1. The summed E-state index contributed by atoms with van der Waals surface area (Å²) in [5.41, 5.74) is 0.